The van der Waals surface area contributed by atoms with Crippen LogP contribution >= 0.6 is 45.2 Å². The SMILES string of the molecule is IC=Cc1ccccc1I. The van der Waals surface area contributed by atoms with Crippen LogP contribution in [0, 0.1) is 3.57 Å². The van der Waals surface area contributed by atoms with Crippen LogP contribution in [0.2, 0.25) is 0 Å². The van der Waals surface area contributed by atoms with Crippen molar-refractivity contribution >= 4 is 51.3 Å². The quantitative estimate of drug-likeness (QED) is 0.674. The van der Waals surface area contributed by atoms with Crippen LogP contribution in [0.4, 0.5) is 0 Å². The Balaban J connectivity index is 3.03. The number of hydrogen-bond acceptors (Lipinski definition) is 0. The van der Waals surface area contributed by atoms with Crippen LogP contribution in [0.5, 0.6) is 0 Å². The highest BCUT2D eigenvalue weighted by Crippen LogP contribution is 2.13. The molecule has 0 unspecified atom stereocenters. The van der Waals surface area contributed by atoms with Gasteiger partial charge in [-0.1, -0.05) is 40.8 Å². The molecule has 1 aromatic carbocycles. The molecule has 1 aromatic rings. The molecule has 0 bridgehead atoms. The molecule has 10 heavy (non-hydrogen) atoms. The van der Waals surface area contributed by atoms with Gasteiger partial charge in [0.25, 0.3) is 0 Å². The third-order valence-corrected chi connectivity index (χ3v) is 2.49. The van der Waals surface area contributed by atoms with Gasteiger partial charge in [-0.25, -0.2) is 0 Å². The summed E-state index contributed by atoms with van der Waals surface area (Å²) in [6.45, 7) is 0. The summed E-state index contributed by atoms with van der Waals surface area (Å²) in [4.78, 5) is 0. The molecule has 0 saturated heterocycles. The van der Waals surface area contributed by atoms with E-state index in [4.69, 9.17) is 0 Å². The highest BCUT2D eigenvalue weighted by atomic mass is 127. The van der Waals surface area contributed by atoms with Crippen molar-refractivity contribution in [2.75, 3.05) is 0 Å². The average Bonchev–Trinajstić information content (AvgIpc) is 1.94. The van der Waals surface area contributed by atoms with Gasteiger partial charge in [-0.2, -0.15) is 0 Å². The third-order valence-electron chi connectivity index (χ3n) is 1.15. The fraction of sp³-hybridized carbons (Fsp3) is 0. The number of rotatable bonds is 1. The molecule has 0 saturated carbocycles. The summed E-state index contributed by atoms with van der Waals surface area (Å²) in [7, 11) is 0. The van der Waals surface area contributed by atoms with Crippen LogP contribution in [0.25, 0.3) is 6.08 Å². The average molecular weight is 356 g/mol. The molecule has 52 valence electrons. The smallest absolute Gasteiger partial charge is 0.0202 e. The normalized spacial score (nSPS) is 10.6. The maximum atomic E-state index is 2.33. The van der Waals surface area contributed by atoms with Crippen molar-refractivity contribution in [3.63, 3.8) is 0 Å². The zero-order valence-corrected chi connectivity index (χ0v) is 9.54. The highest BCUT2D eigenvalue weighted by molar-refractivity contribution is 14.1. The van der Waals surface area contributed by atoms with Gasteiger partial charge in [0.15, 0.2) is 0 Å². The van der Waals surface area contributed by atoms with E-state index in [-0.39, 0.29) is 0 Å². The molecule has 0 radical (unpaired) electrons. The Morgan fingerprint density at radius 3 is 2.50 bits per heavy atom. The summed E-state index contributed by atoms with van der Waals surface area (Å²) >= 11 is 4.55. The summed E-state index contributed by atoms with van der Waals surface area (Å²) in [6, 6.07) is 8.31. The fourth-order valence-electron chi connectivity index (χ4n) is 0.678. The van der Waals surface area contributed by atoms with Gasteiger partial charge in [0, 0.05) is 3.57 Å². The molecule has 0 N–H and O–H groups in total. The first-order chi connectivity index (χ1) is 4.84. The predicted molar refractivity (Wildman–Crippen MR) is 62.2 cm³/mol. The zero-order valence-electron chi connectivity index (χ0n) is 5.22. The molecule has 0 spiro atoms. The minimum absolute atomic E-state index is 1.29. The molecule has 0 atom stereocenters. The minimum Gasteiger partial charge on any atom is -0.0616 e. The summed E-state index contributed by atoms with van der Waals surface area (Å²) in [5.41, 5.74) is 1.29. The molecule has 0 aliphatic carbocycles. The first-order valence-corrected chi connectivity index (χ1v) is 5.18. The van der Waals surface area contributed by atoms with E-state index in [1.807, 2.05) is 16.2 Å². The Morgan fingerprint density at radius 1 is 1.20 bits per heavy atom. The van der Waals surface area contributed by atoms with Gasteiger partial charge < -0.3 is 0 Å². The van der Waals surface area contributed by atoms with E-state index in [0.29, 0.717) is 0 Å². The highest BCUT2D eigenvalue weighted by Gasteiger charge is 1.89. The van der Waals surface area contributed by atoms with Gasteiger partial charge >= 0.3 is 0 Å². The molecule has 1 rings (SSSR count). The van der Waals surface area contributed by atoms with Crippen LogP contribution in [-0.2, 0) is 0 Å². The standard InChI is InChI=1S/C8H6I2/c9-6-5-7-3-1-2-4-8(7)10/h1-6H. The van der Waals surface area contributed by atoms with Gasteiger partial charge in [0.05, 0.1) is 0 Å². The van der Waals surface area contributed by atoms with Gasteiger partial charge in [0.2, 0.25) is 0 Å². The molecule has 2 heteroatoms. The lowest BCUT2D eigenvalue weighted by Crippen LogP contribution is -1.75. The van der Waals surface area contributed by atoms with E-state index < -0.39 is 0 Å². The van der Waals surface area contributed by atoms with Crippen LogP contribution in [0.3, 0.4) is 0 Å². The van der Waals surface area contributed by atoms with E-state index in [0.717, 1.165) is 0 Å². The van der Waals surface area contributed by atoms with Crippen molar-refractivity contribution in [1.29, 1.82) is 0 Å². The Morgan fingerprint density at radius 2 is 1.90 bits per heavy atom. The van der Waals surface area contributed by atoms with Crippen LogP contribution in [-0.4, -0.2) is 0 Å². The second-order valence-corrected chi connectivity index (χ2v) is 3.70. The molecule has 0 nitrogen and oxygen atoms in total. The number of hydrogen-bond donors (Lipinski definition) is 0. The lowest BCUT2D eigenvalue weighted by atomic mass is 10.2. The maximum Gasteiger partial charge on any atom is 0.0202 e. The van der Waals surface area contributed by atoms with E-state index >= 15 is 0 Å². The van der Waals surface area contributed by atoms with Gasteiger partial charge in [-0.3, -0.25) is 0 Å². The second kappa shape index (κ2) is 4.33. The topological polar surface area (TPSA) is 0 Å². The molecule has 0 heterocycles. The molecular weight excluding hydrogens is 350 g/mol. The summed E-state index contributed by atoms with van der Waals surface area (Å²) in [5, 5.41) is 0. The first kappa shape index (κ1) is 8.52. The van der Waals surface area contributed by atoms with Crippen molar-refractivity contribution in [3.05, 3.63) is 37.5 Å². The van der Waals surface area contributed by atoms with Crippen LogP contribution < -0.4 is 0 Å². The molecular formula is C8H6I2. The van der Waals surface area contributed by atoms with Crippen molar-refractivity contribution in [2.45, 2.75) is 0 Å². The van der Waals surface area contributed by atoms with Crippen molar-refractivity contribution < 1.29 is 0 Å². The Bertz CT molecular complexity index is 241. The second-order valence-electron chi connectivity index (χ2n) is 1.81. The van der Waals surface area contributed by atoms with E-state index in [9.17, 15) is 0 Å². The van der Waals surface area contributed by atoms with Crippen molar-refractivity contribution in [3.8, 4) is 0 Å². The van der Waals surface area contributed by atoms with Crippen molar-refractivity contribution in [2.24, 2.45) is 0 Å². The zero-order chi connectivity index (χ0) is 7.40. The molecule has 0 aliphatic rings. The summed E-state index contributed by atoms with van der Waals surface area (Å²) < 4.78 is 3.32. The molecule has 0 fully saturated rings. The maximum absolute atomic E-state index is 2.33. The van der Waals surface area contributed by atoms with Crippen LogP contribution in [0.1, 0.15) is 5.56 Å². The Kier molecular flexibility index (Phi) is 3.69. The van der Waals surface area contributed by atoms with Crippen molar-refractivity contribution in [1.82, 2.24) is 0 Å². The number of halogens is 2. The molecule has 0 aliphatic heterocycles. The summed E-state index contributed by atoms with van der Waals surface area (Å²) in [5.74, 6) is 0. The van der Waals surface area contributed by atoms with E-state index in [1.54, 1.807) is 0 Å². The Hall–Kier alpha value is 0.420. The van der Waals surface area contributed by atoms with E-state index in [1.165, 1.54) is 9.13 Å². The van der Waals surface area contributed by atoms with Gasteiger partial charge in [-0.15, -0.1) is 0 Å². The predicted octanol–water partition coefficient (Wildman–Crippen LogP) is 3.70. The van der Waals surface area contributed by atoms with Gasteiger partial charge in [0.1, 0.15) is 0 Å². The third kappa shape index (κ3) is 2.23. The van der Waals surface area contributed by atoms with E-state index in [2.05, 4.69) is 63.4 Å². The monoisotopic (exact) mass is 356 g/mol. The Labute approximate surface area is 88.0 Å². The molecule has 0 amide bonds. The first-order valence-electron chi connectivity index (χ1n) is 2.86. The van der Waals surface area contributed by atoms with Crippen LogP contribution in [0.15, 0.2) is 28.3 Å². The lowest BCUT2D eigenvalue weighted by Gasteiger charge is -1.94. The van der Waals surface area contributed by atoms with Gasteiger partial charge in [-0.05, 0) is 44.4 Å². The fourth-order valence-corrected chi connectivity index (χ4v) is 1.63. The lowest BCUT2D eigenvalue weighted by molar-refractivity contribution is 1.60. The largest absolute Gasteiger partial charge is 0.0616 e. The molecule has 0 aromatic heterocycles. The summed E-state index contributed by atoms with van der Waals surface area (Å²) in [6.07, 6.45) is 2.10. The minimum atomic E-state index is 1.29. The number of benzene rings is 1.